The van der Waals surface area contributed by atoms with Crippen LogP contribution < -0.4 is 5.73 Å². The van der Waals surface area contributed by atoms with Gasteiger partial charge in [0.25, 0.3) is 0 Å². The number of nitrogens with zero attached hydrogens (tertiary/aromatic N) is 1. The molecule has 2 heteroatoms. The van der Waals surface area contributed by atoms with E-state index in [-0.39, 0.29) is 5.92 Å². The number of rotatable bonds is 3. The summed E-state index contributed by atoms with van der Waals surface area (Å²) in [6, 6.07) is 2.16. The molecule has 0 bridgehead atoms. The van der Waals surface area contributed by atoms with E-state index in [0.717, 1.165) is 17.7 Å². The Morgan fingerprint density at radius 1 is 1.33 bits per heavy atom. The third-order valence-electron chi connectivity index (χ3n) is 1.67. The van der Waals surface area contributed by atoms with Crippen molar-refractivity contribution in [3.05, 3.63) is 11.3 Å². The molecule has 0 aliphatic carbocycles. The minimum atomic E-state index is 0.244. The van der Waals surface area contributed by atoms with E-state index in [1.54, 1.807) is 0 Å². The molecule has 0 aromatic rings. The summed E-state index contributed by atoms with van der Waals surface area (Å²) in [6.45, 7) is 8.18. The van der Waals surface area contributed by atoms with Crippen LogP contribution in [0.2, 0.25) is 0 Å². The molecule has 0 aliphatic rings. The Balaban J connectivity index is 4.52. The van der Waals surface area contributed by atoms with Crippen molar-refractivity contribution in [3.63, 3.8) is 0 Å². The van der Waals surface area contributed by atoms with Gasteiger partial charge in [-0.3, -0.25) is 0 Å². The highest BCUT2D eigenvalue weighted by atomic mass is 14.6. The van der Waals surface area contributed by atoms with Crippen molar-refractivity contribution in [2.24, 2.45) is 17.6 Å². The molecule has 0 aromatic carbocycles. The van der Waals surface area contributed by atoms with Crippen LogP contribution in [0.15, 0.2) is 11.3 Å². The van der Waals surface area contributed by atoms with E-state index in [9.17, 15) is 0 Å². The SMILES string of the molecule is CC(C)C/C(N)=C(/C#N)C(C)C. The number of hydrogen-bond acceptors (Lipinski definition) is 2. The van der Waals surface area contributed by atoms with Gasteiger partial charge in [0.05, 0.1) is 11.6 Å². The minimum absolute atomic E-state index is 0.244. The van der Waals surface area contributed by atoms with Crippen LogP contribution in [0.4, 0.5) is 0 Å². The molecule has 0 saturated heterocycles. The first-order valence-electron chi connectivity index (χ1n) is 4.37. The Bertz CT molecular complexity index is 206. The molecule has 0 aliphatic heterocycles. The van der Waals surface area contributed by atoms with Crippen LogP contribution in [0.1, 0.15) is 34.1 Å². The van der Waals surface area contributed by atoms with Gasteiger partial charge in [-0.2, -0.15) is 5.26 Å². The normalized spacial score (nSPS) is 13.1. The van der Waals surface area contributed by atoms with E-state index >= 15 is 0 Å². The van der Waals surface area contributed by atoms with Crippen molar-refractivity contribution in [2.45, 2.75) is 34.1 Å². The molecule has 0 atom stereocenters. The second kappa shape index (κ2) is 4.82. The quantitative estimate of drug-likeness (QED) is 0.654. The maximum Gasteiger partial charge on any atom is 0.0967 e. The average Bonchev–Trinajstić information content (AvgIpc) is 1.85. The van der Waals surface area contributed by atoms with Gasteiger partial charge in [0, 0.05) is 5.70 Å². The summed E-state index contributed by atoms with van der Waals surface area (Å²) in [6.07, 6.45) is 0.821. The Morgan fingerprint density at radius 3 is 2.08 bits per heavy atom. The van der Waals surface area contributed by atoms with Gasteiger partial charge in [-0.05, 0) is 18.3 Å². The molecule has 0 radical (unpaired) electrons. The van der Waals surface area contributed by atoms with Crippen LogP contribution in [0, 0.1) is 23.2 Å². The van der Waals surface area contributed by atoms with Gasteiger partial charge in [0.2, 0.25) is 0 Å². The third kappa shape index (κ3) is 3.43. The molecule has 0 spiro atoms. The van der Waals surface area contributed by atoms with E-state index in [1.807, 2.05) is 13.8 Å². The summed E-state index contributed by atoms with van der Waals surface area (Å²) in [5.41, 5.74) is 7.28. The zero-order valence-corrected chi connectivity index (χ0v) is 8.39. The summed E-state index contributed by atoms with van der Waals surface area (Å²) in [4.78, 5) is 0. The molecular formula is C10H18N2. The maximum atomic E-state index is 8.79. The number of hydrogen-bond donors (Lipinski definition) is 1. The van der Waals surface area contributed by atoms with Gasteiger partial charge in [0.1, 0.15) is 0 Å². The van der Waals surface area contributed by atoms with Gasteiger partial charge in [-0.15, -0.1) is 0 Å². The molecule has 0 amide bonds. The Morgan fingerprint density at radius 2 is 1.83 bits per heavy atom. The van der Waals surface area contributed by atoms with Crippen molar-refractivity contribution < 1.29 is 0 Å². The molecule has 0 aromatic heterocycles. The van der Waals surface area contributed by atoms with Gasteiger partial charge < -0.3 is 5.73 Å². The van der Waals surface area contributed by atoms with Crippen molar-refractivity contribution in [1.29, 1.82) is 5.26 Å². The predicted octanol–water partition coefficient (Wildman–Crippen LogP) is 2.42. The molecule has 0 heterocycles. The largest absolute Gasteiger partial charge is 0.401 e. The first-order valence-corrected chi connectivity index (χ1v) is 4.37. The maximum absolute atomic E-state index is 8.79. The van der Waals surface area contributed by atoms with Crippen LogP contribution in [0.5, 0.6) is 0 Å². The van der Waals surface area contributed by atoms with E-state index in [0.29, 0.717) is 5.92 Å². The van der Waals surface area contributed by atoms with Gasteiger partial charge in [-0.25, -0.2) is 0 Å². The molecule has 2 nitrogen and oxygen atoms in total. The second-order valence-corrected chi connectivity index (χ2v) is 3.80. The molecule has 0 saturated carbocycles. The zero-order valence-electron chi connectivity index (χ0n) is 8.39. The van der Waals surface area contributed by atoms with Crippen molar-refractivity contribution >= 4 is 0 Å². The highest BCUT2D eigenvalue weighted by Gasteiger charge is 2.08. The summed E-state index contributed by atoms with van der Waals surface area (Å²) >= 11 is 0. The fourth-order valence-corrected chi connectivity index (χ4v) is 1.12. The molecular weight excluding hydrogens is 148 g/mol. The Labute approximate surface area is 75.1 Å². The van der Waals surface area contributed by atoms with E-state index < -0.39 is 0 Å². The second-order valence-electron chi connectivity index (χ2n) is 3.80. The van der Waals surface area contributed by atoms with E-state index in [4.69, 9.17) is 11.0 Å². The minimum Gasteiger partial charge on any atom is -0.401 e. The van der Waals surface area contributed by atoms with Crippen molar-refractivity contribution in [2.75, 3.05) is 0 Å². The van der Waals surface area contributed by atoms with Crippen molar-refractivity contribution in [3.8, 4) is 6.07 Å². The standard InChI is InChI=1S/C10H18N2/c1-7(2)5-10(12)9(6-11)8(3)4/h7-8H,5,12H2,1-4H3/b10-9+. The summed E-state index contributed by atoms with van der Waals surface area (Å²) in [7, 11) is 0. The fraction of sp³-hybridized carbons (Fsp3) is 0.700. The van der Waals surface area contributed by atoms with Gasteiger partial charge in [-0.1, -0.05) is 27.7 Å². The Hall–Kier alpha value is -0.970. The highest BCUT2D eigenvalue weighted by Crippen LogP contribution is 2.16. The molecule has 68 valence electrons. The molecule has 0 rings (SSSR count). The summed E-state index contributed by atoms with van der Waals surface area (Å²) in [5, 5.41) is 8.79. The Kier molecular flexibility index (Phi) is 4.43. The number of nitrogens with two attached hydrogens (primary N) is 1. The lowest BCUT2D eigenvalue weighted by Gasteiger charge is -2.10. The molecule has 0 fully saturated rings. The van der Waals surface area contributed by atoms with Crippen LogP contribution >= 0.6 is 0 Å². The van der Waals surface area contributed by atoms with Crippen LogP contribution in [0.25, 0.3) is 0 Å². The number of allylic oxidation sites excluding steroid dienone is 2. The first kappa shape index (κ1) is 11.0. The monoisotopic (exact) mass is 166 g/mol. The third-order valence-corrected chi connectivity index (χ3v) is 1.67. The number of nitriles is 1. The molecule has 2 N–H and O–H groups in total. The summed E-state index contributed by atoms with van der Waals surface area (Å²) in [5.74, 6) is 0.765. The van der Waals surface area contributed by atoms with Gasteiger partial charge in [0.15, 0.2) is 0 Å². The zero-order chi connectivity index (χ0) is 9.72. The lowest BCUT2D eigenvalue weighted by atomic mass is 9.98. The van der Waals surface area contributed by atoms with Crippen LogP contribution in [-0.2, 0) is 0 Å². The molecule has 12 heavy (non-hydrogen) atoms. The van der Waals surface area contributed by atoms with Crippen LogP contribution in [0.3, 0.4) is 0 Å². The molecule has 0 unspecified atom stereocenters. The first-order chi connectivity index (χ1) is 5.49. The predicted molar refractivity (Wildman–Crippen MR) is 51.1 cm³/mol. The lowest BCUT2D eigenvalue weighted by molar-refractivity contribution is 0.625. The average molecular weight is 166 g/mol. The highest BCUT2D eigenvalue weighted by molar-refractivity contribution is 5.27. The lowest BCUT2D eigenvalue weighted by Crippen LogP contribution is -2.08. The van der Waals surface area contributed by atoms with E-state index in [2.05, 4.69) is 19.9 Å². The van der Waals surface area contributed by atoms with Crippen molar-refractivity contribution in [1.82, 2.24) is 0 Å². The fourth-order valence-electron chi connectivity index (χ4n) is 1.12. The smallest absolute Gasteiger partial charge is 0.0967 e. The van der Waals surface area contributed by atoms with Gasteiger partial charge >= 0.3 is 0 Å². The summed E-state index contributed by atoms with van der Waals surface area (Å²) < 4.78 is 0. The van der Waals surface area contributed by atoms with Crippen LogP contribution in [-0.4, -0.2) is 0 Å². The topological polar surface area (TPSA) is 49.8 Å². The van der Waals surface area contributed by atoms with E-state index in [1.165, 1.54) is 0 Å².